The van der Waals surface area contributed by atoms with E-state index in [0.29, 0.717) is 25.1 Å². The number of aromatic nitrogens is 1. The van der Waals surface area contributed by atoms with E-state index in [2.05, 4.69) is 23.6 Å². The number of carbonyl (C=O) groups is 3. The highest BCUT2D eigenvalue weighted by Crippen LogP contribution is 2.29. The monoisotopic (exact) mass is 464 g/mol. The lowest BCUT2D eigenvalue weighted by Gasteiger charge is -2.27. The Hall–Kier alpha value is -3.34. The van der Waals surface area contributed by atoms with Gasteiger partial charge in [0.25, 0.3) is 0 Å². The Kier molecular flexibility index (Phi) is 7.20. The van der Waals surface area contributed by atoms with Gasteiger partial charge in [0, 0.05) is 36.9 Å². The van der Waals surface area contributed by atoms with Crippen molar-refractivity contribution in [2.45, 2.75) is 58.5 Å². The number of hydrogen-bond donors (Lipinski definition) is 0. The molecule has 1 aromatic carbocycles. The van der Waals surface area contributed by atoms with Crippen LogP contribution in [0.25, 0.3) is 10.9 Å². The summed E-state index contributed by atoms with van der Waals surface area (Å²) < 4.78 is 7.19. The van der Waals surface area contributed by atoms with Crippen LogP contribution in [0.1, 0.15) is 50.8 Å². The molecule has 0 aliphatic carbocycles. The molecule has 4 rings (SSSR count). The smallest absolute Gasteiger partial charge is 0.325 e. The molecule has 2 aliphatic rings. The first-order chi connectivity index (χ1) is 16.5. The highest BCUT2D eigenvalue weighted by Gasteiger charge is 2.42. The summed E-state index contributed by atoms with van der Waals surface area (Å²) in [5, 5.41) is 10.4. The van der Waals surface area contributed by atoms with Crippen LogP contribution in [0.5, 0.6) is 0 Å². The number of rotatable bonds is 8. The van der Waals surface area contributed by atoms with Gasteiger partial charge in [0.1, 0.15) is 12.5 Å². The molecule has 1 aromatic heterocycles. The lowest BCUT2D eigenvalue weighted by molar-refractivity contribution is -0.150. The number of amides is 2. The number of ether oxygens (including phenoxy) is 1. The average molecular weight is 465 g/mol. The molecule has 0 bridgehead atoms. The Labute approximate surface area is 200 Å². The summed E-state index contributed by atoms with van der Waals surface area (Å²) in [4.78, 5) is 41.2. The van der Waals surface area contributed by atoms with E-state index in [1.54, 1.807) is 6.92 Å². The molecule has 2 amide bonds. The highest BCUT2D eigenvalue weighted by atomic mass is 16.5. The molecule has 0 N–H and O–H groups in total. The number of nitriles is 1. The molecule has 2 saturated heterocycles. The molecule has 2 aromatic rings. The zero-order valence-electron chi connectivity index (χ0n) is 20.0. The number of likely N-dealkylation sites (tertiary alicyclic amines) is 2. The van der Waals surface area contributed by atoms with E-state index in [1.165, 1.54) is 10.6 Å². The number of hydrogen-bond acceptors (Lipinski definition) is 5. The van der Waals surface area contributed by atoms with Crippen LogP contribution in [0.2, 0.25) is 0 Å². The number of fused-ring (bicyclic) bond motifs is 1. The third-order valence-corrected chi connectivity index (χ3v) is 7.05. The standard InChI is InChI=1S/C26H32N4O4/c1-3-29-21(15-19-8-7-18(16-27)14-23(19)29)10-9-20-6-5-12-30(20)26(33)22-11-13-28(25(22)32)17-24(31)34-4-2/h7-8,14-15,20,22H,3-6,9-13,17H2,1-2H3/t20-,22+/m0/s1. The minimum atomic E-state index is -0.693. The summed E-state index contributed by atoms with van der Waals surface area (Å²) in [6.07, 6.45) is 3.98. The predicted octanol–water partition coefficient (Wildman–Crippen LogP) is 2.87. The van der Waals surface area contributed by atoms with Crippen molar-refractivity contribution < 1.29 is 19.1 Å². The van der Waals surface area contributed by atoms with Gasteiger partial charge in [-0.2, -0.15) is 5.26 Å². The van der Waals surface area contributed by atoms with E-state index in [4.69, 9.17) is 4.74 Å². The lowest BCUT2D eigenvalue weighted by Crippen LogP contribution is -2.43. The van der Waals surface area contributed by atoms with Crippen molar-refractivity contribution in [2.24, 2.45) is 5.92 Å². The SMILES string of the molecule is CCOC(=O)CN1CC[C@@H](C(=O)N2CCC[C@H]2CCc2cc3ccc(C#N)cc3n2CC)C1=O. The van der Waals surface area contributed by atoms with Crippen LogP contribution in [0, 0.1) is 17.2 Å². The van der Waals surface area contributed by atoms with Crippen molar-refractivity contribution in [1.29, 1.82) is 5.26 Å². The number of esters is 1. The van der Waals surface area contributed by atoms with Gasteiger partial charge in [-0.15, -0.1) is 0 Å². The maximum atomic E-state index is 13.3. The number of nitrogens with zero attached hydrogens (tertiary/aromatic N) is 4. The molecule has 0 spiro atoms. The Balaban J connectivity index is 1.41. The van der Waals surface area contributed by atoms with E-state index in [0.717, 1.165) is 43.1 Å². The number of aryl methyl sites for hydroxylation is 2. The van der Waals surface area contributed by atoms with E-state index >= 15 is 0 Å². The number of benzene rings is 1. The van der Waals surface area contributed by atoms with Gasteiger partial charge in [0.15, 0.2) is 0 Å². The molecule has 0 unspecified atom stereocenters. The van der Waals surface area contributed by atoms with Gasteiger partial charge in [-0.3, -0.25) is 14.4 Å². The van der Waals surface area contributed by atoms with Gasteiger partial charge in [-0.25, -0.2) is 0 Å². The molecule has 8 nitrogen and oxygen atoms in total. The molecule has 0 saturated carbocycles. The minimum absolute atomic E-state index is 0.0883. The van der Waals surface area contributed by atoms with Crippen molar-refractivity contribution >= 4 is 28.7 Å². The molecule has 8 heteroatoms. The topological polar surface area (TPSA) is 95.6 Å². The molecule has 0 radical (unpaired) electrons. The fraction of sp³-hybridized carbons (Fsp3) is 0.538. The molecular formula is C26H32N4O4. The van der Waals surface area contributed by atoms with E-state index in [9.17, 15) is 19.6 Å². The first-order valence-corrected chi connectivity index (χ1v) is 12.2. The van der Waals surface area contributed by atoms with E-state index in [-0.39, 0.29) is 31.0 Å². The second-order valence-corrected chi connectivity index (χ2v) is 9.04. The summed E-state index contributed by atoms with van der Waals surface area (Å²) >= 11 is 0. The predicted molar refractivity (Wildman–Crippen MR) is 127 cm³/mol. The zero-order chi connectivity index (χ0) is 24.2. The van der Waals surface area contributed by atoms with Crippen molar-refractivity contribution in [2.75, 3.05) is 26.2 Å². The Morgan fingerprint density at radius 2 is 2.00 bits per heavy atom. The maximum Gasteiger partial charge on any atom is 0.325 e. The third kappa shape index (κ3) is 4.65. The zero-order valence-corrected chi connectivity index (χ0v) is 20.0. The fourth-order valence-electron chi connectivity index (χ4n) is 5.39. The van der Waals surface area contributed by atoms with Crippen LogP contribution >= 0.6 is 0 Å². The van der Waals surface area contributed by atoms with Crippen LogP contribution in [0.4, 0.5) is 0 Å². The fourth-order valence-corrected chi connectivity index (χ4v) is 5.39. The summed E-state index contributed by atoms with van der Waals surface area (Å²) in [5.74, 6) is -1.49. The van der Waals surface area contributed by atoms with E-state index < -0.39 is 11.9 Å². The molecule has 3 heterocycles. The van der Waals surface area contributed by atoms with Crippen LogP contribution in [0.15, 0.2) is 24.3 Å². The number of carbonyl (C=O) groups excluding carboxylic acids is 3. The summed E-state index contributed by atoms with van der Waals surface area (Å²) in [7, 11) is 0. The summed E-state index contributed by atoms with van der Waals surface area (Å²) in [6.45, 7) is 5.91. The van der Waals surface area contributed by atoms with Crippen molar-refractivity contribution in [3.05, 3.63) is 35.5 Å². The van der Waals surface area contributed by atoms with Crippen molar-refractivity contribution in [3.63, 3.8) is 0 Å². The summed E-state index contributed by atoms with van der Waals surface area (Å²) in [6, 6.07) is 10.3. The summed E-state index contributed by atoms with van der Waals surface area (Å²) in [5.41, 5.74) is 2.91. The second-order valence-electron chi connectivity index (χ2n) is 9.04. The molecule has 2 aliphatic heterocycles. The molecular weight excluding hydrogens is 432 g/mol. The van der Waals surface area contributed by atoms with Crippen LogP contribution < -0.4 is 0 Å². The second kappa shape index (κ2) is 10.3. The Morgan fingerprint density at radius 1 is 1.18 bits per heavy atom. The largest absolute Gasteiger partial charge is 0.465 e. The third-order valence-electron chi connectivity index (χ3n) is 7.05. The van der Waals surface area contributed by atoms with Gasteiger partial charge < -0.3 is 19.1 Å². The maximum absolute atomic E-state index is 13.3. The first-order valence-electron chi connectivity index (χ1n) is 12.2. The normalized spacial score (nSPS) is 20.2. The Morgan fingerprint density at radius 3 is 2.74 bits per heavy atom. The van der Waals surface area contributed by atoms with Crippen LogP contribution in [0.3, 0.4) is 0 Å². The van der Waals surface area contributed by atoms with Gasteiger partial charge >= 0.3 is 5.97 Å². The molecule has 2 fully saturated rings. The van der Waals surface area contributed by atoms with Gasteiger partial charge in [0.2, 0.25) is 11.8 Å². The molecule has 180 valence electrons. The van der Waals surface area contributed by atoms with Gasteiger partial charge in [-0.05, 0) is 69.5 Å². The van der Waals surface area contributed by atoms with Crippen LogP contribution in [-0.4, -0.2) is 64.4 Å². The van der Waals surface area contributed by atoms with Crippen molar-refractivity contribution in [3.8, 4) is 6.07 Å². The first kappa shape index (κ1) is 23.8. The average Bonchev–Trinajstić information content (AvgIpc) is 3.54. The minimum Gasteiger partial charge on any atom is -0.465 e. The van der Waals surface area contributed by atoms with Crippen molar-refractivity contribution in [1.82, 2.24) is 14.4 Å². The molecule has 2 atom stereocenters. The van der Waals surface area contributed by atoms with Crippen LogP contribution in [-0.2, 0) is 32.1 Å². The Bertz CT molecular complexity index is 1130. The highest BCUT2D eigenvalue weighted by molar-refractivity contribution is 6.02. The van der Waals surface area contributed by atoms with Gasteiger partial charge in [0.05, 0.1) is 18.2 Å². The molecule has 34 heavy (non-hydrogen) atoms. The lowest BCUT2D eigenvalue weighted by atomic mass is 10.0. The van der Waals surface area contributed by atoms with Gasteiger partial charge in [-0.1, -0.05) is 6.07 Å². The quantitative estimate of drug-likeness (QED) is 0.442. The van der Waals surface area contributed by atoms with E-state index in [1.807, 2.05) is 23.1 Å².